The van der Waals surface area contributed by atoms with Gasteiger partial charge in [-0.15, -0.1) is 10.2 Å². The van der Waals surface area contributed by atoms with Crippen LogP contribution in [0.15, 0.2) is 39.9 Å². The second kappa shape index (κ2) is 10.1. The number of hydrogen-bond acceptors (Lipinski definition) is 9. The molecule has 3 rings (SSSR count). The monoisotopic (exact) mass is 457 g/mol. The van der Waals surface area contributed by atoms with E-state index in [9.17, 15) is 14.4 Å². The van der Waals surface area contributed by atoms with E-state index in [2.05, 4.69) is 15.5 Å². The van der Waals surface area contributed by atoms with Crippen LogP contribution in [-0.4, -0.2) is 39.0 Å². The van der Waals surface area contributed by atoms with Gasteiger partial charge in [-0.05, 0) is 26.3 Å². The molecule has 1 amide bonds. The van der Waals surface area contributed by atoms with E-state index in [0.29, 0.717) is 10.9 Å². The van der Waals surface area contributed by atoms with Gasteiger partial charge in [-0.1, -0.05) is 42.1 Å². The van der Waals surface area contributed by atoms with Crippen LogP contribution in [0.1, 0.15) is 45.9 Å². The molecule has 0 aliphatic rings. The van der Waals surface area contributed by atoms with Gasteiger partial charge < -0.3 is 14.9 Å². The highest BCUT2D eigenvalue weighted by Gasteiger charge is 2.29. The van der Waals surface area contributed by atoms with Crippen LogP contribution in [0.5, 0.6) is 0 Å². The first-order valence-electron chi connectivity index (χ1n) is 9.78. The first kappa shape index (κ1) is 23.1. The number of nitrogens with one attached hydrogen (secondary N) is 1. The number of aromatic nitrogens is 3. The minimum Gasteiger partial charge on any atom is -0.462 e. The standard InChI is InChI=1S/C21H23N5O5S/c1-4-30-19(29)17-16(12(2)27)13(3)31-18(17)23-15(28)10-26-20(22)24-25-21(26)32-11-14-8-6-5-7-9-14/h5-9H,4,10-11H2,1-3H3,(H2,22,24)(H,23,28). The van der Waals surface area contributed by atoms with Crippen LogP contribution in [0.2, 0.25) is 0 Å². The number of carbonyl (C=O) groups is 3. The maximum Gasteiger partial charge on any atom is 0.344 e. The number of hydrogen-bond donors (Lipinski definition) is 2. The van der Waals surface area contributed by atoms with Crippen molar-refractivity contribution >= 4 is 41.3 Å². The van der Waals surface area contributed by atoms with E-state index in [1.165, 1.54) is 30.2 Å². The number of rotatable bonds is 9. The second-order valence-electron chi connectivity index (χ2n) is 6.76. The normalized spacial score (nSPS) is 10.7. The Morgan fingerprint density at radius 3 is 2.56 bits per heavy atom. The highest BCUT2D eigenvalue weighted by molar-refractivity contribution is 7.98. The summed E-state index contributed by atoms with van der Waals surface area (Å²) in [5.41, 5.74) is 6.93. The molecule has 1 aromatic carbocycles. The number of nitrogens with zero attached hydrogens (tertiary/aromatic N) is 3. The number of carbonyl (C=O) groups excluding carboxylic acids is 3. The largest absolute Gasteiger partial charge is 0.462 e. The van der Waals surface area contributed by atoms with Gasteiger partial charge in [0.2, 0.25) is 17.7 Å². The average molecular weight is 458 g/mol. The van der Waals surface area contributed by atoms with Gasteiger partial charge in [0.1, 0.15) is 17.9 Å². The van der Waals surface area contributed by atoms with Crippen molar-refractivity contribution in [3.8, 4) is 0 Å². The predicted octanol–water partition coefficient (Wildman–Crippen LogP) is 3.07. The third kappa shape index (κ3) is 5.17. The molecule has 3 aromatic rings. The van der Waals surface area contributed by atoms with Crippen molar-refractivity contribution in [2.75, 3.05) is 17.7 Å². The number of aryl methyl sites for hydroxylation is 1. The van der Waals surface area contributed by atoms with E-state index in [0.717, 1.165) is 5.56 Å². The molecule has 32 heavy (non-hydrogen) atoms. The van der Waals surface area contributed by atoms with E-state index in [4.69, 9.17) is 14.9 Å². The Bertz CT molecular complexity index is 1140. The second-order valence-corrected chi connectivity index (χ2v) is 7.71. The van der Waals surface area contributed by atoms with Crippen LogP contribution >= 0.6 is 11.8 Å². The molecular formula is C21H23N5O5S. The van der Waals surface area contributed by atoms with Crippen LogP contribution in [-0.2, 0) is 21.8 Å². The van der Waals surface area contributed by atoms with E-state index in [1.807, 2.05) is 30.3 Å². The Morgan fingerprint density at radius 1 is 1.19 bits per heavy atom. The molecule has 10 nitrogen and oxygen atoms in total. The molecule has 0 atom stereocenters. The van der Waals surface area contributed by atoms with Crippen molar-refractivity contribution in [3.63, 3.8) is 0 Å². The molecule has 11 heteroatoms. The molecule has 0 saturated heterocycles. The smallest absolute Gasteiger partial charge is 0.344 e. The maximum atomic E-state index is 12.7. The number of furan rings is 1. The third-order valence-electron chi connectivity index (χ3n) is 4.43. The Kier molecular flexibility index (Phi) is 7.31. The molecule has 0 spiro atoms. The summed E-state index contributed by atoms with van der Waals surface area (Å²) in [6, 6.07) is 9.75. The zero-order valence-electron chi connectivity index (χ0n) is 17.9. The summed E-state index contributed by atoms with van der Waals surface area (Å²) in [5, 5.41) is 10.9. The lowest BCUT2D eigenvalue weighted by atomic mass is 10.1. The van der Waals surface area contributed by atoms with E-state index in [-0.39, 0.29) is 47.7 Å². The predicted molar refractivity (Wildman–Crippen MR) is 118 cm³/mol. The number of nitrogens with two attached hydrogens (primary N) is 1. The van der Waals surface area contributed by atoms with Gasteiger partial charge in [-0.3, -0.25) is 19.5 Å². The zero-order chi connectivity index (χ0) is 23.3. The summed E-state index contributed by atoms with van der Waals surface area (Å²) in [5.74, 6) is -0.924. The molecule has 0 radical (unpaired) electrons. The van der Waals surface area contributed by atoms with Crippen molar-refractivity contribution < 1.29 is 23.5 Å². The quantitative estimate of drug-likeness (QED) is 0.281. The van der Waals surface area contributed by atoms with Gasteiger partial charge >= 0.3 is 5.97 Å². The lowest BCUT2D eigenvalue weighted by Gasteiger charge is -2.09. The van der Waals surface area contributed by atoms with E-state index < -0.39 is 11.9 Å². The number of nitrogen functional groups attached to an aromatic ring is 1. The molecular weight excluding hydrogens is 434 g/mol. The molecule has 3 N–H and O–H groups in total. The summed E-state index contributed by atoms with van der Waals surface area (Å²) in [6.45, 7) is 4.37. The minimum absolute atomic E-state index is 0.0707. The number of Topliss-reactive ketones (excluding diaryl/α,β-unsaturated/α-hetero) is 1. The number of esters is 1. The third-order valence-corrected chi connectivity index (χ3v) is 5.46. The molecule has 0 saturated carbocycles. The van der Waals surface area contributed by atoms with Crippen LogP contribution in [0, 0.1) is 6.92 Å². The molecule has 0 aliphatic heterocycles. The Morgan fingerprint density at radius 2 is 1.91 bits per heavy atom. The number of anilines is 2. The van der Waals surface area contributed by atoms with Gasteiger partial charge in [-0.2, -0.15) is 0 Å². The van der Waals surface area contributed by atoms with Crippen molar-refractivity contribution in [1.29, 1.82) is 0 Å². The van der Waals surface area contributed by atoms with E-state index in [1.54, 1.807) is 6.92 Å². The summed E-state index contributed by atoms with van der Waals surface area (Å²) >= 11 is 1.38. The van der Waals surface area contributed by atoms with E-state index >= 15 is 0 Å². The van der Waals surface area contributed by atoms with Gasteiger partial charge in [0.25, 0.3) is 0 Å². The summed E-state index contributed by atoms with van der Waals surface area (Å²) in [6.07, 6.45) is 0. The molecule has 168 valence electrons. The Balaban J connectivity index is 1.78. The summed E-state index contributed by atoms with van der Waals surface area (Å²) in [4.78, 5) is 37.1. The van der Waals surface area contributed by atoms with Crippen LogP contribution in [0.4, 0.5) is 11.8 Å². The Labute approximate surface area is 188 Å². The molecule has 0 aliphatic carbocycles. The SMILES string of the molecule is CCOC(=O)c1c(NC(=O)Cn2c(N)nnc2SCc2ccccc2)oc(C)c1C(C)=O. The fourth-order valence-corrected chi connectivity index (χ4v) is 3.94. The first-order valence-corrected chi connectivity index (χ1v) is 10.8. The van der Waals surface area contributed by atoms with Crippen LogP contribution in [0.25, 0.3) is 0 Å². The van der Waals surface area contributed by atoms with Gasteiger partial charge in [0.15, 0.2) is 10.9 Å². The molecule has 0 fully saturated rings. The highest BCUT2D eigenvalue weighted by Crippen LogP contribution is 2.29. The van der Waals surface area contributed by atoms with Crippen molar-refractivity contribution in [3.05, 3.63) is 52.8 Å². The fourth-order valence-electron chi connectivity index (χ4n) is 3.04. The molecule has 2 aromatic heterocycles. The average Bonchev–Trinajstić information content (AvgIpc) is 3.26. The van der Waals surface area contributed by atoms with Crippen molar-refractivity contribution in [2.24, 2.45) is 0 Å². The maximum absolute atomic E-state index is 12.7. The van der Waals surface area contributed by atoms with Gasteiger partial charge in [0, 0.05) is 5.75 Å². The topological polar surface area (TPSA) is 142 Å². The molecule has 0 unspecified atom stereocenters. The number of ketones is 1. The van der Waals surface area contributed by atoms with Crippen LogP contribution in [0.3, 0.4) is 0 Å². The fraction of sp³-hybridized carbons (Fsp3) is 0.286. The molecule has 0 bridgehead atoms. The zero-order valence-corrected chi connectivity index (χ0v) is 18.7. The van der Waals surface area contributed by atoms with Crippen molar-refractivity contribution in [1.82, 2.24) is 14.8 Å². The minimum atomic E-state index is -0.757. The number of amides is 1. The van der Waals surface area contributed by atoms with Gasteiger partial charge in [-0.25, -0.2) is 4.79 Å². The summed E-state index contributed by atoms with van der Waals surface area (Å²) in [7, 11) is 0. The first-order chi connectivity index (χ1) is 15.3. The lowest BCUT2D eigenvalue weighted by Crippen LogP contribution is -2.22. The van der Waals surface area contributed by atoms with Crippen molar-refractivity contribution in [2.45, 2.75) is 38.2 Å². The van der Waals surface area contributed by atoms with Crippen LogP contribution < -0.4 is 11.1 Å². The number of thioether (sulfide) groups is 1. The van der Waals surface area contributed by atoms with Gasteiger partial charge in [0.05, 0.1) is 12.2 Å². The lowest BCUT2D eigenvalue weighted by molar-refractivity contribution is -0.116. The number of benzene rings is 1. The summed E-state index contributed by atoms with van der Waals surface area (Å²) < 4.78 is 12.0. The molecule has 2 heterocycles. The Hall–Kier alpha value is -3.60. The number of ether oxygens (including phenoxy) is 1. The highest BCUT2D eigenvalue weighted by atomic mass is 32.2.